The maximum Gasteiger partial charge on any atom is 0.220 e. The summed E-state index contributed by atoms with van der Waals surface area (Å²) < 4.78 is 10.8. The molecule has 1 fully saturated rings. The van der Waals surface area contributed by atoms with Crippen LogP contribution >= 0.6 is 0 Å². The summed E-state index contributed by atoms with van der Waals surface area (Å²) in [6.07, 6.45) is 3.92. The number of carbonyl (C=O) groups is 1. The summed E-state index contributed by atoms with van der Waals surface area (Å²) in [6.45, 7) is 6.27. The van der Waals surface area contributed by atoms with Gasteiger partial charge in [0, 0.05) is 19.6 Å². The Morgan fingerprint density at radius 1 is 1.36 bits per heavy atom. The molecule has 1 amide bonds. The van der Waals surface area contributed by atoms with Gasteiger partial charge in [0.1, 0.15) is 5.75 Å². The molecule has 1 aliphatic heterocycles. The maximum absolute atomic E-state index is 12.0. The topological polar surface area (TPSA) is 59.6 Å². The average molecular weight is 348 g/mol. The number of methoxy groups -OCH3 is 1. The van der Waals surface area contributed by atoms with Crippen LogP contribution in [0.4, 0.5) is 0 Å². The molecule has 5 heteroatoms. The molecular formula is C20H32N2O3. The van der Waals surface area contributed by atoms with E-state index in [2.05, 4.69) is 17.6 Å². The Bertz CT molecular complexity index is 498. The van der Waals surface area contributed by atoms with E-state index >= 15 is 0 Å². The smallest absolute Gasteiger partial charge is 0.220 e. The first-order chi connectivity index (χ1) is 12.2. The Kier molecular flexibility index (Phi) is 8.77. The average Bonchev–Trinajstić information content (AvgIpc) is 2.65. The van der Waals surface area contributed by atoms with Crippen LogP contribution in [0, 0.1) is 11.8 Å². The summed E-state index contributed by atoms with van der Waals surface area (Å²) in [5, 5.41) is 6.43. The Balaban J connectivity index is 1.51. The van der Waals surface area contributed by atoms with Crippen molar-refractivity contribution in [1.82, 2.24) is 10.6 Å². The molecule has 1 aliphatic rings. The van der Waals surface area contributed by atoms with Crippen LogP contribution in [-0.4, -0.2) is 39.3 Å². The number of rotatable bonds is 10. The third kappa shape index (κ3) is 7.45. The third-order valence-electron chi connectivity index (χ3n) is 4.86. The monoisotopic (exact) mass is 348 g/mol. The normalized spacial score (nSPS) is 18.6. The molecule has 0 aliphatic carbocycles. The van der Waals surface area contributed by atoms with Gasteiger partial charge in [-0.25, -0.2) is 0 Å². The molecule has 2 atom stereocenters. The van der Waals surface area contributed by atoms with Crippen LogP contribution in [0.25, 0.3) is 0 Å². The van der Waals surface area contributed by atoms with Gasteiger partial charge in [0.2, 0.25) is 5.91 Å². The largest absolute Gasteiger partial charge is 0.497 e. The van der Waals surface area contributed by atoms with E-state index in [1.165, 1.54) is 12.8 Å². The molecule has 140 valence electrons. The van der Waals surface area contributed by atoms with Crippen molar-refractivity contribution < 1.29 is 14.3 Å². The van der Waals surface area contributed by atoms with E-state index in [4.69, 9.17) is 9.47 Å². The van der Waals surface area contributed by atoms with E-state index in [1.54, 1.807) is 7.11 Å². The molecule has 1 heterocycles. The fraction of sp³-hybridized carbons (Fsp3) is 0.650. The van der Waals surface area contributed by atoms with Crippen molar-refractivity contribution in [3.63, 3.8) is 0 Å². The van der Waals surface area contributed by atoms with Crippen molar-refractivity contribution in [3.8, 4) is 5.75 Å². The van der Waals surface area contributed by atoms with Gasteiger partial charge in [-0.3, -0.25) is 4.79 Å². The van der Waals surface area contributed by atoms with E-state index < -0.39 is 0 Å². The van der Waals surface area contributed by atoms with Gasteiger partial charge in [-0.1, -0.05) is 19.1 Å². The van der Waals surface area contributed by atoms with E-state index in [0.717, 1.165) is 30.8 Å². The Morgan fingerprint density at radius 3 is 2.84 bits per heavy atom. The zero-order chi connectivity index (χ0) is 17.9. The van der Waals surface area contributed by atoms with Gasteiger partial charge in [0.15, 0.2) is 0 Å². The predicted octanol–water partition coefficient (Wildman–Crippen LogP) is 2.74. The lowest BCUT2D eigenvalue weighted by atomic mass is 9.85. The highest BCUT2D eigenvalue weighted by Crippen LogP contribution is 2.22. The van der Waals surface area contributed by atoms with Gasteiger partial charge in [0.25, 0.3) is 0 Å². The van der Waals surface area contributed by atoms with Crippen LogP contribution in [-0.2, 0) is 16.1 Å². The Morgan fingerprint density at radius 2 is 2.16 bits per heavy atom. The second kappa shape index (κ2) is 11.1. The van der Waals surface area contributed by atoms with Crippen molar-refractivity contribution in [2.24, 2.45) is 11.8 Å². The van der Waals surface area contributed by atoms with Gasteiger partial charge < -0.3 is 20.1 Å². The maximum atomic E-state index is 12.0. The fourth-order valence-corrected chi connectivity index (χ4v) is 3.21. The number of ether oxygens (including phenoxy) is 2. The summed E-state index contributed by atoms with van der Waals surface area (Å²) in [4.78, 5) is 12.0. The SMILES string of the molecule is COc1ccc(COCCCNC(=O)CC(C)C2CCCNC2)cc1. The van der Waals surface area contributed by atoms with Crippen LogP contribution < -0.4 is 15.4 Å². The standard InChI is InChI=1S/C20H32N2O3/c1-16(18-5-3-10-21-14-18)13-20(23)22-11-4-12-25-15-17-6-8-19(24-2)9-7-17/h6-9,16,18,21H,3-5,10-15H2,1-2H3,(H,22,23). The first kappa shape index (κ1) is 19.7. The van der Waals surface area contributed by atoms with Crippen LogP contribution in [0.15, 0.2) is 24.3 Å². The number of hydrogen-bond acceptors (Lipinski definition) is 4. The number of nitrogens with one attached hydrogen (secondary N) is 2. The predicted molar refractivity (Wildman–Crippen MR) is 99.7 cm³/mol. The molecule has 2 rings (SSSR count). The minimum absolute atomic E-state index is 0.160. The minimum Gasteiger partial charge on any atom is -0.497 e. The third-order valence-corrected chi connectivity index (χ3v) is 4.86. The summed E-state index contributed by atoms with van der Waals surface area (Å²) in [7, 11) is 1.66. The van der Waals surface area contributed by atoms with Crippen molar-refractivity contribution in [2.45, 2.75) is 39.2 Å². The molecular weight excluding hydrogens is 316 g/mol. The van der Waals surface area contributed by atoms with Gasteiger partial charge in [-0.2, -0.15) is 0 Å². The van der Waals surface area contributed by atoms with Gasteiger partial charge in [-0.05, 0) is 61.9 Å². The van der Waals surface area contributed by atoms with Crippen molar-refractivity contribution >= 4 is 5.91 Å². The number of hydrogen-bond donors (Lipinski definition) is 2. The summed E-state index contributed by atoms with van der Waals surface area (Å²) in [5.41, 5.74) is 1.12. The molecule has 2 N–H and O–H groups in total. The first-order valence-corrected chi connectivity index (χ1v) is 9.37. The first-order valence-electron chi connectivity index (χ1n) is 9.37. The lowest BCUT2D eigenvalue weighted by molar-refractivity contribution is -0.122. The van der Waals surface area contributed by atoms with E-state index in [1.807, 2.05) is 24.3 Å². The highest BCUT2D eigenvalue weighted by molar-refractivity contribution is 5.76. The van der Waals surface area contributed by atoms with Crippen LogP contribution in [0.2, 0.25) is 0 Å². The quantitative estimate of drug-likeness (QED) is 0.638. The molecule has 0 radical (unpaired) electrons. The zero-order valence-electron chi connectivity index (χ0n) is 15.6. The van der Waals surface area contributed by atoms with E-state index in [9.17, 15) is 4.79 Å². The van der Waals surface area contributed by atoms with Crippen LogP contribution in [0.5, 0.6) is 5.75 Å². The van der Waals surface area contributed by atoms with Crippen molar-refractivity contribution in [1.29, 1.82) is 0 Å². The molecule has 5 nitrogen and oxygen atoms in total. The van der Waals surface area contributed by atoms with Crippen molar-refractivity contribution in [3.05, 3.63) is 29.8 Å². The molecule has 1 aromatic carbocycles. The Hall–Kier alpha value is -1.59. The number of amides is 1. The molecule has 1 saturated heterocycles. The minimum atomic E-state index is 0.160. The molecule has 1 aromatic rings. The fourth-order valence-electron chi connectivity index (χ4n) is 3.21. The van der Waals surface area contributed by atoms with Gasteiger partial charge >= 0.3 is 0 Å². The zero-order valence-corrected chi connectivity index (χ0v) is 15.6. The number of benzene rings is 1. The molecule has 0 aromatic heterocycles. The number of carbonyl (C=O) groups excluding carboxylic acids is 1. The summed E-state index contributed by atoms with van der Waals surface area (Å²) >= 11 is 0. The Labute approximate surface area is 151 Å². The molecule has 25 heavy (non-hydrogen) atoms. The second-order valence-electron chi connectivity index (χ2n) is 6.89. The van der Waals surface area contributed by atoms with Gasteiger partial charge in [-0.15, -0.1) is 0 Å². The van der Waals surface area contributed by atoms with E-state index in [0.29, 0.717) is 38.0 Å². The lowest BCUT2D eigenvalue weighted by Crippen LogP contribution is -2.35. The lowest BCUT2D eigenvalue weighted by Gasteiger charge is -2.28. The van der Waals surface area contributed by atoms with Crippen LogP contribution in [0.1, 0.15) is 38.2 Å². The molecule has 2 unspecified atom stereocenters. The molecule has 0 saturated carbocycles. The summed E-state index contributed by atoms with van der Waals surface area (Å²) in [6, 6.07) is 7.87. The highest BCUT2D eigenvalue weighted by atomic mass is 16.5. The van der Waals surface area contributed by atoms with E-state index in [-0.39, 0.29) is 5.91 Å². The number of piperidine rings is 1. The summed E-state index contributed by atoms with van der Waals surface area (Å²) in [5.74, 6) is 2.09. The molecule has 0 spiro atoms. The highest BCUT2D eigenvalue weighted by Gasteiger charge is 2.21. The second-order valence-corrected chi connectivity index (χ2v) is 6.89. The van der Waals surface area contributed by atoms with Gasteiger partial charge in [0.05, 0.1) is 13.7 Å². The van der Waals surface area contributed by atoms with Crippen molar-refractivity contribution in [2.75, 3.05) is 33.4 Å². The van der Waals surface area contributed by atoms with Crippen LogP contribution in [0.3, 0.4) is 0 Å². The molecule has 0 bridgehead atoms.